The zero-order valence-electron chi connectivity index (χ0n) is 13.4. The van der Waals surface area contributed by atoms with Crippen molar-refractivity contribution in [2.24, 2.45) is 0 Å². The average molecular weight is 333 g/mol. The van der Waals surface area contributed by atoms with Gasteiger partial charge in [0, 0.05) is 5.56 Å². The van der Waals surface area contributed by atoms with E-state index >= 15 is 0 Å². The summed E-state index contributed by atoms with van der Waals surface area (Å²) in [6.07, 6.45) is 0. The van der Waals surface area contributed by atoms with E-state index in [0.717, 1.165) is 5.75 Å². The molecule has 1 aromatic heterocycles. The molecule has 1 heterocycles. The van der Waals surface area contributed by atoms with Gasteiger partial charge in [0.15, 0.2) is 0 Å². The fraction of sp³-hybridized carbons (Fsp3) is 0.0556. The molecule has 0 aliphatic heterocycles. The molecule has 0 amide bonds. The molecule has 0 aliphatic rings. The Kier molecular flexibility index (Phi) is 4.35. The van der Waals surface area contributed by atoms with E-state index in [1.165, 1.54) is 0 Å². The number of nitrogen functional groups attached to an aromatic ring is 2. The molecule has 0 bridgehead atoms. The van der Waals surface area contributed by atoms with Crippen LogP contribution in [0.5, 0.6) is 17.2 Å². The van der Waals surface area contributed by atoms with Crippen LogP contribution in [0.25, 0.3) is 11.3 Å². The minimum Gasteiger partial charge on any atom is -0.497 e. The number of nitrogens with two attached hydrogens (primary N) is 2. The summed E-state index contributed by atoms with van der Waals surface area (Å²) in [5, 5.41) is 9.31. The van der Waals surface area contributed by atoms with Gasteiger partial charge in [-0.1, -0.05) is 12.1 Å². The van der Waals surface area contributed by atoms with Crippen LogP contribution in [0.4, 0.5) is 11.8 Å². The van der Waals surface area contributed by atoms with Gasteiger partial charge in [-0.05, 0) is 36.4 Å². The van der Waals surface area contributed by atoms with Gasteiger partial charge in [-0.15, -0.1) is 0 Å². The minimum absolute atomic E-state index is 0.00739. The second-order valence-electron chi connectivity index (χ2n) is 5.11. The van der Waals surface area contributed by atoms with Crippen LogP contribution in [0.2, 0.25) is 0 Å². The van der Waals surface area contributed by atoms with Crippen molar-refractivity contribution in [3.63, 3.8) is 0 Å². The maximum Gasteiger partial charge on any atom is 0.222 e. The molecule has 0 radical (unpaired) electrons. The normalized spacial score (nSPS) is 10.1. The van der Waals surface area contributed by atoms with E-state index in [2.05, 4.69) is 9.97 Å². The number of methoxy groups -OCH3 is 1. The van der Waals surface area contributed by atoms with Gasteiger partial charge in [-0.25, -0.2) is 4.98 Å². The highest BCUT2D eigenvalue weighted by Crippen LogP contribution is 2.30. The van der Waals surface area contributed by atoms with E-state index in [0.29, 0.717) is 22.8 Å². The van der Waals surface area contributed by atoms with Crippen LogP contribution in [0, 0.1) is 11.3 Å². The quantitative estimate of drug-likeness (QED) is 0.753. The fourth-order valence-corrected chi connectivity index (χ4v) is 2.30. The van der Waals surface area contributed by atoms with Crippen molar-refractivity contribution < 1.29 is 9.47 Å². The third-order valence-corrected chi connectivity index (χ3v) is 3.47. The van der Waals surface area contributed by atoms with Crippen molar-refractivity contribution in [2.75, 3.05) is 18.6 Å². The summed E-state index contributed by atoms with van der Waals surface area (Å²) in [5.41, 5.74) is 12.6. The molecule has 0 aliphatic carbocycles. The van der Waals surface area contributed by atoms with Gasteiger partial charge in [-0.2, -0.15) is 10.2 Å². The monoisotopic (exact) mass is 333 g/mol. The third-order valence-electron chi connectivity index (χ3n) is 3.47. The van der Waals surface area contributed by atoms with E-state index in [1.54, 1.807) is 55.6 Å². The smallest absolute Gasteiger partial charge is 0.222 e. The van der Waals surface area contributed by atoms with Gasteiger partial charge in [0.25, 0.3) is 0 Å². The molecule has 3 rings (SSSR count). The summed E-state index contributed by atoms with van der Waals surface area (Å²) < 4.78 is 10.9. The van der Waals surface area contributed by atoms with Gasteiger partial charge in [0.1, 0.15) is 34.7 Å². The lowest BCUT2D eigenvalue weighted by Crippen LogP contribution is -2.05. The van der Waals surface area contributed by atoms with Crippen LogP contribution in [0.15, 0.2) is 48.5 Å². The first-order chi connectivity index (χ1) is 12.1. The number of ether oxygens (including phenoxy) is 2. The average Bonchev–Trinajstić information content (AvgIpc) is 2.62. The molecule has 7 nitrogen and oxygen atoms in total. The Bertz CT molecular complexity index is 949. The highest BCUT2D eigenvalue weighted by molar-refractivity contribution is 5.73. The van der Waals surface area contributed by atoms with Crippen LogP contribution in [0.1, 0.15) is 5.56 Å². The van der Waals surface area contributed by atoms with Crippen LogP contribution in [-0.2, 0) is 0 Å². The Labute approximate surface area is 144 Å². The summed E-state index contributed by atoms with van der Waals surface area (Å²) in [5.74, 6) is 2.04. The first kappa shape index (κ1) is 16.1. The first-order valence-electron chi connectivity index (χ1n) is 7.36. The van der Waals surface area contributed by atoms with E-state index in [9.17, 15) is 5.26 Å². The number of rotatable bonds is 4. The van der Waals surface area contributed by atoms with Gasteiger partial charge in [0.2, 0.25) is 5.95 Å². The highest BCUT2D eigenvalue weighted by atomic mass is 16.5. The lowest BCUT2D eigenvalue weighted by Gasteiger charge is -2.10. The van der Waals surface area contributed by atoms with E-state index in [-0.39, 0.29) is 17.3 Å². The van der Waals surface area contributed by atoms with Gasteiger partial charge in [0.05, 0.1) is 12.8 Å². The molecule has 4 N–H and O–H groups in total. The summed E-state index contributed by atoms with van der Waals surface area (Å²) in [7, 11) is 1.60. The van der Waals surface area contributed by atoms with Crippen LogP contribution < -0.4 is 20.9 Å². The molecule has 0 saturated carbocycles. The number of nitrogens with zero attached hydrogens (tertiary/aromatic N) is 3. The van der Waals surface area contributed by atoms with Crippen molar-refractivity contribution in [3.05, 3.63) is 54.1 Å². The minimum atomic E-state index is 0.00739. The topological polar surface area (TPSA) is 120 Å². The third kappa shape index (κ3) is 3.43. The molecular formula is C18H15N5O2. The molecule has 0 fully saturated rings. The Morgan fingerprint density at radius 3 is 2.36 bits per heavy atom. The second kappa shape index (κ2) is 6.76. The lowest BCUT2D eigenvalue weighted by molar-refractivity contribution is 0.413. The van der Waals surface area contributed by atoms with Gasteiger partial charge >= 0.3 is 0 Å². The standard InChI is InChI=1S/C18H15N5O2/c1-24-12-5-7-13(8-6-12)25-14-4-2-3-11(9-14)16-15(10-19)17(20)23-18(21)22-16/h2-9H,1H3,(H4,20,21,22,23). The number of anilines is 2. The maximum absolute atomic E-state index is 9.31. The van der Waals surface area contributed by atoms with Crippen molar-refractivity contribution in [1.82, 2.24) is 9.97 Å². The summed E-state index contributed by atoms with van der Waals surface area (Å²) >= 11 is 0. The molecule has 25 heavy (non-hydrogen) atoms. The largest absolute Gasteiger partial charge is 0.497 e. The van der Waals surface area contributed by atoms with E-state index in [1.807, 2.05) is 6.07 Å². The zero-order chi connectivity index (χ0) is 17.8. The van der Waals surface area contributed by atoms with Crippen LogP contribution in [-0.4, -0.2) is 17.1 Å². The Hall–Kier alpha value is -3.79. The van der Waals surface area contributed by atoms with E-state index in [4.69, 9.17) is 20.9 Å². The summed E-state index contributed by atoms with van der Waals surface area (Å²) in [4.78, 5) is 7.95. The number of hydrogen-bond donors (Lipinski definition) is 2. The number of aromatic nitrogens is 2. The molecule has 2 aromatic carbocycles. The number of benzene rings is 2. The predicted molar refractivity (Wildman–Crippen MR) is 94.1 cm³/mol. The zero-order valence-corrected chi connectivity index (χ0v) is 13.4. The summed E-state index contributed by atoms with van der Waals surface area (Å²) in [6, 6.07) is 16.4. The second-order valence-corrected chi connectivity index (χ2v) is 5.11. The molecule has 0 atom stereocenters. The molecule has 0 spiro atoms. The van der Waals surface area contributed by atoms with Gasteiger partial charge < -0.3 is 20.9 Å². The number of nitriles is 1. The SMILES string of the molecule is COc1ccc(Oc2cccc(-c3nc(N)nc(N)c3C#N)c2)cc1. The van der Waals surface area contributed by atoms with Crippen molar-refractivity contribution in [3.8, 4) is 34.6 Å². The van der Waals surface area contributed by atoms with E-state index < -0.39 is 0 Å². The number of hydrogen-bond acceptors (Lipinski definition) is 7. The van der Waals surface area contributed by atoms with Crippen LogP contribution >= 0.6 is 0 Å². The highest BCUT2D eigenvalue weighted by Gasteiger charge is 2.13. The Balaban J connectivity index is 1.96. The van der Waals surface area contributed by atoms with Crippen molar-refractivity contribution >= 4 is 11.8 Å². The summed E-state index contributed by atoms with van der Waals surface area (Å²) in [6.45, 7) is 0. The lowest BCUT2D eigenvalue weighted by atomic mass is 10.1. The molecule has 124 valence electrons. The first-order valence-corrected chi connectivity index (χ1v) is 7.36. The molecule has 0 unspecified atom stereocenters. The fourth-order valence-electron chi connectivity index (χ4n) is 2.30. The van der Waals surface area contributed by atoms with Gasteiger partial charge in [-0.3, -0.25) is 0 Å². The van der Waals surface area contributed by atoms with Crippen molar-refractivity contribution in [1.29, 1.82) is 5.26 Å². The molecule has 0 saturated heterocycles. The molecule has 7 heteroatoms. The Morgan fingerprint density at radius 2 is 1.68 bits per heavy atom. The predicted octanol–water partition coefficient (Wildman–Crippen LogP) is 2.98. The molecular weight excluding hydrogens is 318 g/mol. The van der Waals surface area contributed by atoms with Crippen molar-refractivity contribution in [2.45, 2.75) is 0 Å². The molecule has 3 aromatic rings. The van der Waals surface area contributed by atoms with Crippen LogP contribution in [0.3, 0.4) is 0 Å². The Morgan fingerprint density at radius 1 is 0.960 bits per heavy atom. The maximum atomic E-state index is 9.31.